The van der Waals surface area contributed by atoms with Gasteiger partial charge in [0.25, 0.3) is 0 Å². The third kappa shape index (κ3) is 3.70. The summed E-state index contributed by atoms with van der Waals surface area (Å²) in [5.74, 6) is -1.53. The maximum absolute atomic E-state index is 11.8. The SMILES string of the molecule is O=C(/C=C/c1ccccc1O)Nc1ccccc1C(=O)O. The van der Waals surface area contributed by atoms with Crippen LogP contribution in [0, 0.1) is 0 Å². The third-order valence-electron chi connectivity index (χ3n) is 2.77. The van der Waals surface area contributed by atoms with Gasteiger partial charge in [-0.15, -0.1) is 0 Å². The standard InChI is InChI=1S/C16H13NO4/c18-14-8-4-1-5-11(14)9-10-15(19)17-13-7-3-2-6-12(13)16(20)21/h1-10,18H,(H,17,19)(H,20,21)/b10-9+. The van der Waals surface area contributed by atoms with E-state index in [4.69, 9.17) is 5.11 Å². The summed E-state index contributed by atoms with van der Waals surface area (Å²) in [6.45, 7) is 0. The first-order valence-corrected chi connectivity index (χ1v) is 6.17. The number of nitrogens with one attached hydrogen (secondary N) is 1. The van der Waals surface area contributed by atoms with Crippen molar-refractivity contribution >= 4 is 23.6 Å². The summed E-state index contributed by atoms with van der Waals surface area (Å²) in [7, 11) is 0. The van der Waals surface area contributed by atoms with Crippen LogP contribution in [0.25, 0.3) is 6.08 Å². The molecule has 2 rings (SSSR count). The van der Waals surface area contributed by atoms with Gasteiger partial charge in [0.05, 0.1) is 11.3 Å². The van der Waals surface area contributed by atoms with E-state index in [2.05, 4.69) is 5.32 Å². The Labute approximate surface area is 121 Å². The molecule has 0 atom stereocenters. The van der Waals surface area contributed by atoms with Gasteiger partial charge in [0.1, 0.15) is 5.75 Å². The first-order valence-electron chi connectivity index (χ1n) is 6.17. The molecule has 1 amide bonds. The molecule has 2 aromatic carbocycles. The molecule has 0 aliphatic heterocycles. The Balaban J connectivity index is 2.13. The summed E-state index contributed by atoms with van der Waals surface area (Å²) in [6, 6.07) is 12.7. The predicted molar refractivity (Wildman–Crippen MR) is 79.2 cm³/mol. The average Bonchev–Trinajstić information content (AvgIpc) is 2.47. The summed E-state index contributed by atoms with van der Waals surface area (Å²) < 4.78 is 0. The second-order valence-electron chi connectivity index (χ2n) is 4.23. The first-order chi connectivity index (χ1) is 10.1. The summed E-state index contributed by atoms with van der Waals surface area (Å²) in [4.78, 5) is 22.8. The second kappa shape index (κ2) is 6.38. The highest BCUT2D eigenvalue weighted by molar-refractivity contribution is 6.06. The van der Waals surface area contributed by atoms with Crippen molar-refractivity contribution in [2.75, 3.05) is 5.32 Å². The van der Waals surface area contributed by atoms with E-state index in [9.17, 15) is 14.7 Å². The summed E-state index contributed by atoms with van der Waals surface area (Å²) in [5, 5.41) is 21.1. The number of anilines is 1. The highest BCUT2D eigenvalue weighted by Crippen LogP contribution is 2.18. The molecule has 5 heteroatoms. The van der Waals surface area contributed by atoms with Crippen molar-refractivity contribution in [2.45, 2.75) is 0 Å². The van der Waals surface area contributed by atoms with Crippen molar-refractivity contribution in [3.8, 4) is 5.75 Å². The maximum Gasteiger partial charge on any atom is 0.337 e. The Hall–Kier alpha value is -3.08. The Morgan fingerprint density at radius 1 is 1.00 bits per heavy atom. The van der Waals surface area contributed by atoms with Gasteiger partial charge in [-0.05, 0) is 24.3 Å². The number of hydrogen-bond acceptors (Lipinski definition) is 3. The van der Waals surface area contributed by atoms with Gasteiger partial charge in [0.15, 0.2) is 0 Å². The van der Waals surface area contributed by atoms with Crippen LogP contribution in [-0.2, 0) is 4.79 Å². The Bertz CT molecular complexity index is 707. The zero-order valence-corrected chi connectivity index (χ0v) is 11.0. The van der Waals surface area contributed by atoms with Crippen molar-refractivity contribution in [3.63, 3.8) is 0 Å². The molecule has 2 aromatic rings. The lowest BCUT2D eigenvalue weighted by Gasteiger charge is -2.05. The van der Waals surface area contributed by atoms with Crippen LogP contribution in [0.2, 0.25) is 0 Å². The summed E-state index contributed by atoms with van der Waals surface area (Å²) in [5.41, 5.74) is 0.734. The molecule has 106 valence electrons. The number of aromatic hydroxyl groups is 1. The normalized spacial score (nSPS) is 10.5. The van der Waals surface area contributed by atoms with E-state index in [1.54, 1.807) is 30.3 Å². The Morgan fingerprint density at radius 3 is 2.38 bits per heavy atom. The molecule has 0 unspecified atom stereocenters. The van der Waals surface area contributed by atoms with E-state index in [-0.39, 0.29) is 17.0 Å². The Morgan fingerprint density at radius 2 is 1.67 bits per heavy atom. The lowest BCUT2D eigenvalue weighted by molar-refractivity contribution is -0.111. The molecular weight excluding hydrogens is 270 g/mol. The molecule has 0 aliphatic rings. The molecule has 21 heavy (non-hydrogen) atoms. The van der Waals surface area contributed by atoms with Crippen LogP contribution >= 0.6 is 0 Å². The largest absolute Gasteiger partial charge is 0.507 e. The maximum atomic E-state index is 11.8. The lowest BCUT2D eigenvalue weighted by atomic mass is 10.1. The molecule has 0 aliphatic carbocycles. The van der Waals surface area contributed by atoms with E-state index < -0.39 is 11.9 Å². The minimum Gasteiger partial charge on any atom is -0.507 e. The minimum atomic E-state index is -1.12. The van der Waals surface area contributed by atoms with Gasteiger partial charge < -0.3 is 15.5 Å². The molecule has 5 nitrogen and oxygen atoms in total. The van der Waals surface area contributed by atoms with Crippen LogP contribution in [-0.4, -0.2) is 22.1 Å². The summed E-state index contributed by atoms with van der Waals surface area (Å²) >= 11 is 0. The van der Waals surface area contributed by atoms with Gasteiger partial charge in [0, 0.05) is 11.6 Å². The molecule has 0 saturated carbocycles. The van der Waals surface area contributed by atoms with Crippen molar-refractivity contribution in [3.05, 3.63) is 65.7 Å². The number of amides is 1. The zero-order chi connectivity index (χ0) is 15.2. The highest BCUT2D eigenvalue weighted by atomic mass is 16.4. The highest BCUT2D eigenvalue weighted by Gasteiger charge is 2.10. The first kappa shape index (κ1) is 14.3. The number of carbonyl (C=O) groups excluding carboxylic acids is 1. The van der Waals surface area contributed by atoms with Crippen LogP contribution in [0.1, 0.15) is 15.9 Å². The number of hydrogen-bond donors (Lipinski definition) is 3. The van der Waals surface area contributed by atoms with Crippen LogP contribution < -0.4 is 5.32 Å². The molecular formula is C16H13NO4. The van der Waals surface area contributed by atoms with Crippen LogP contribution in [0.3, 0.4) is 0 Å². The lowest BCUT2D eigenvalue weighted by Crippen LogP contribution is -2.11. The van der Waals surface area contributed by atoms with E-state index in [0.717, 1.165) is 0 Å². The molecule has 0 saturated heterocycles. The Kier molecular flexibility index (Phi) is 4.36. The number of carbonyl (C=O) groups is 2. The van der Waals surface area contributed by atoms with Gasteiger partial charge in [0.2, 0.25) is 5.91 Å². The van der Waals surface area contributed by atoms with Crippen LogP contribution in [0.5, 0.6) is 5.75 Å². The number of phenols is 1. The van der Waals surface area contributed by atoms with E-state index >= 15 is 0 Å². The molecule has 0 spiro atoms. The van der Waals surface area contributed by atoms with E-state index in [0.29, 0.717) is 5.56 Å². The zero-order valence-electron chi connectivity index (χ0n) is 11.0. The molecule has 3 N–H and O–H groups in total. The van der Waals surface area contributed by atoms with Crippen molar-refractivity contribution < 1.29 is 19.8 Å². The monoisotopic (exact) mass is 283 g/mol. The fourth-order valence-corrected chi connectivity index (χ4v) is 1.75. The average molecular weight is 283 g/mol. The quantitative estimate of drug-likeness (QED) is 0.753. The fourth-order valence-electron chi connectivity index (χ4n) is 1.75. The molecule has 0 bridgehead atoms. The van der Waals surface area contributed by atoms with Gasteiger partial charge in [-0.1, -0.05) is 30.3 Å². The van der Waals surface area contributed by atoms with Gasteiger partial charge >= 0.3 is 5.97 Å². The van der Waals surface area contributed by atoms with Crippen molar-refractivity contribution in [1.82, 2.24) is 0 Å². The number of carboxylic acids is 1. The molecule has 0 fully saturated rings. The van der Waals surface area contributed by atoms with Crippen molar-refractivity contribution in [2.24, 2.45) is 0 Å². The molecule has 0 radical (unpaired) electrons. The number of rotatable bonds is 4. The topological polar surface area (TPSA) is 86.6 Å². The molecule has 0 heterocycles. The second-order valence-corrected chi connectivity index (χ2v) is 4.23. The number of para-hydroxylation sites is 2. The minimum absolute atomic E-state index is 0.0156. The number of carboxylic acid groups (broad SMARTS) is 1. The number of aromatic carboxylic acids is 1. The van der Waals surface area contributed by atoms with Crippen molar-refractivity contribution in [1.29, 1.82) is 0 Å². The number of phenolic OH excluding ortho intramolecular Hbond substituents is 1. The number of benzene rings is 2. The smallest absolute Gasteiger partial charge is 0.337 e. The van der Waals surface area contributed by atoms with E-state index in [1.807, 2.05) is 0 Å². The van der Waals surface area contributed by atoms with Crippen LogP contribution in [0.15, 0.2) is 54.6 Å². The predicted octanol–water partition coefficient (Wildman–Crippen LogP) is 2.74. The van der Waals surface area contributed by atoms with Gasteiger partial charge in [-0.2, -0.15) is 0 Å². The molecule has 0 aromatic heterocycles. The fraction of sp³-hybridized carbons (Fsp3) is 0. The summed E-state index contributed by atoms with van der Waals surface area (Å²) in [6.07, 6.45) is 2.68. The van der Waals surface area contributed by atoms with E-state index in [1.165, 1.54) is 30.4 Å². The van der Waals surface area contributed by atoms with Gasteiger partial charge in [-0.25, -0.2) is 4.79 Å². The van der Waals surface area contributed by atoms with Crippen LogP contribution in [0.4, 0.5) is 5.69 Å². The third-order valence-corrected chi connectivity index (χ3v) is 2.77. The van der Waals surface area contributed by atoms with Gasteiger partial charge in [-0.3, -0.25) is 4.79 Å².